The Morgan fingerprint density at radius 3 is 2.48 bits per heavy atom. The van der Waals surface area contributed by atoms with E-state index in [1.807, 2.05) is 19.1 Å². The van der Waals surface area contributed by atoms with Crippen LogP contribution in [0.25, 0.3) is 0 Å². The zero-order chi connectivity index (χ0) is 16.7. The molecule has 0 saturated heterocycles. The number of methoxy groups -OCH3 is 1. The highest BCUT2D eigenvalue weighted by Crippen LogP contribution is 2.18. The Hall–Kier alpha value is -3.02. The lowest BCUT2D eigenvalue weighted by Gasteiger charge is -2.10. The van der Waals surface area contributed by atoms with Gasteiger partial charge in [-0.2, -0.15) is 0 Å². The van der Waals surface area contributed by atoms with Crippen molar-refractivity contribution < 1.29 is 19.1 Å². The van der Waals surface area contributed by atoms with Gasteiger partial charge in [0.2, 0.25) is 0 Å². The second-order valence-electron chi connectivity index (χ2n) is 4.78. The van der Waals surface area contributed by atoms with Crippen LogP contribution < -0.4 is 20.3 Å². The van der Waals surface area contributed by atoms with E-state index in [1.165, 1.54) is 0 Å². The summed E-state index contributed by atoms with van der Waals surface area (Å²) in [6.45, 7) is 1.60. The normalized spacial score (nSPS) is 9.83. The van der Waals surface area contributed by atoms with Crippen molar-refractivity contribution in [3.63, 3.8) is 0 Å². The topological polar surface area (TPSA) is 76.7 Å². The number of carbonyl (C=O) groups excluding carboxylic acids is 2. The van der Waals surface area contributed by atoms with E-state index in [4.69, 9.17) is 9.47 Å². The van der Waals surface area contributed by atoms with E-state index in [2.05, 4.69) is 10.9 Å². The highest BCUT2D eigenvalue weighted by atomic mass is 16.5. The van der Waals surface area contributed by atoms with Gasteiger partial charge in [-0.15, -0.1) is 0 Å². The first-order chi connectivity index (χ1) is 11.1. The molecule has 0 aromatic heterocycles. The summed E-state index contributed by atoms with van der Waals surface area (Å²) in [6.07, 6.45) is 0. The molecule has 2 aromatic carbocycles. The van der Waals surface area contributed by atoms with E-state index in [0.29, 0.717) is 17.1 Å². The van der Waals surface area contributed by atoms with E-state index < -0.39 is 5.91 Å². The van der Waals surface area contributed by atoms with Gasteiger partial charge in [0.05, 0.1) is 7.11 Å². The Balaban J connectivity index is 1.81. The average molecular weight is 314 g/mol. The highest BCUT2D eigenvalue weighted by Gasteiger charge is 2.09. The molecular weight excluding hydrogens is 296 g/mol. The van der Waals surface area contributed by atoms with Crippen molar-refractivity contribution in [2.45, 2.75) is 6.92 Å². The van der Waals surface area contributed by atoms with E-state index in [0.717, 1.165) is 5.56 Å². The van der Waals surface area contributed by atoms with Crippen LogP contribution >= 0.6 is 0 Å². The fraction of sp³-hybridized carbons (Fsp3) is 0.176. The van der Waals surface area contributed by atoms with Gasteiger partial charge in [0.1, 0.15) is 11.5 Å². The lowest BCUT2D eigenvalue weighted by molar-refractivity contribution is -0.123. The minimum absolute atomic E-state index is 0.221. The molecule has 23 heavy (non-hydrogen) atoms. The molecule has 0 spiro atoms. The SMILES string of the molecule is COc1cccc(OCC(=O)NNC(=O)c2ccccc2C)c1. The zero-order valence-corrected chi connectivity index (χ0v) is 13.0. The van der Waals surface area contributed by atoms with Crippen LogP contribution in [-0.4, -0.2) is 25.5 Å². The second-order valence-corrected chi connectivity index (χ2v) is 4.78. The summed E-state index contributed by atoms with van der Waals surface area (Å²) in [5.74, 6) is 0.299. The highest BCUT2D eigenvalue weighted by molar-refractivity contribution is 5.96. The van der Waals surface area contributed by atoms with Gasteiger partial charge in [0, 0.05) is 11.6 Å². The molecule has 0 saturated carbocycles. The second kappa shape index (κ2) is 7.84. The molecule has 2 N–H and O–H groups in total. The molecule has 0 unspecified atom stereocenters. The molecule has 2 aromatic rings. The summed E-state index contributed by atoms with van der Waals surface area (Å²) < 4.78 is 10.4. The molecule has 6 nitrogen and oxygen atoms in total. The number of hydrogen-bond donors (Lipinski definition) is 2. The van der Waals surface area contributed by atoms with Crippen LogP contribution in [0.3, 0.4) is 0 Å². The molecule has 0 radical (unpaired) electrons. The Morgan fingerprint density at radius 2 is 1.74 bits per heavy atom. The number of nitrogens with one attached hydrogen (secondary N) is 2. The zero-order valence-electron chi connectivity index (χ0n) is 13.0. The van der Waals surface area contributed by atoms with Crippen LogP contribution in [0, 0.1) is 6.92 Å². The summed E-state index contributed by atoms with van der Waals surface area (Å²) in [5, 5.41) is 0. The summed E-state index contributed by atoms with van der Waals surface area (Å²) in [4.78, 5) is 23.7. The monoisotopic (exact) mass is 314 g/mol. The van der Waals surface area contributed by atoms with E-state index in [9.17, 15) is 9.59 Å². The van der Waals surface area contributed by atoms with Crippen molar-refractivity contribution in [3.05, 3.63) is 59.7 Å². The summed E-state index contributed by atoms with van der Waals surface area (Å²) in [6, 6.07) is 14.0. The molecule has 0 aliphatic rings. The molecule has 120 valence electrons. The molecular formula is C17H18N2O4. The Kier molecular flexibility index (Phi) is 5.57. The summed E-state index contributed by atoms with van der Waals surface area (Å²) in [5.41, 5.74) is 5.99. The summed E-state index contributed by atoms with van der Waals surface area (Å²) in [7, 11) is 1.55. The summed E-state index contributed by atoms with van der Waals surface area (Å²) >= 11 is 0. The van der Waals surface area contributed by atoms with Gasteiger partial charge < -0.3 is 9.47 Å². The third-order valence-electron chi connectivity index (χ3n) is 3.12. The largest absolute Gasteiger partial charge is 0.497 e. The maximum atomic E-state index is 11.9. The van der Waals surface area contributed by atoms with Gasteiger partial charge in [0.15, 0.2) is 6.61 Å². The maximum absolute atomic E-state index is 11.9. The maximum Gasteiger partial charge on any atom is 0.276 e. The quantitative estimate of drug-likeness (QED) is 0.826. The van der Waals surface area contributed by atoms with Crippen LogP contribution in [0.15, 0.2) is 48.5 Å². The standard InChI is InChI=1S/C17H18N2O4/c1-12-6-3-4-9-15(12)17(21)19-18-16(20)11-23-14-8-5-7-13(10-14)22-2/h3-10H,11H2,1-2H3,(H,18,20)(H,19,21). The number of hydrazine groups is 1. The molecule has 0 aliphatic carbocycles. The molecule has 0 fully saturated rings. The van der Waals surface area contributed by atoms with Crippen LogP contribution in [0.4, 0.5) is 0 Å². The first kappa shape index (κ1) is 16.4. The fourth-order valence-electron chi connectivity index (χ4n) is 1.90. The number of ether oxygens (including phenoxy) is 2. The predicted octanol–water partition coefficient (Wildman–Crippen LogP) is 1.84. The first-order valence-corrected chi connectivity index (χ1v) is 7.02. The third kappa shape index (κ3) is 4.74. The lowest BCUT2D eigenvalue weighted by Crippen LogP contribution is -2.44. The van der Waals surface area contributed by atoms with Gasteiger partial charge in [-0.3, -0.25) is 20.4 Å². The van der Waals surface area contributed by atoms with Gasteiger partial charge >= 0.3 is 0 Å². The van der Waals surface area contributed by atoms with E-state index >= 15 is 0 Å². The van der Waals surface area contributed by atoms with Crippen molar-refractivity contribution in [2.24, 2.45) is 0 Å². The first-order valence-electron chi connectivity index (χ1n) is 7.02. The van der Waals surface area contributed by atoms with Crippen molar-refractivity contribution in [1.82, 2.24) is 10.9 Å². The Labute approximate surface area is 134 Å². The average Bonchev–Trinajstić information content (AvgIpc) is 2.58. The minimum Gasteiger partial charge on any atom is -0.497 e. The number of rotatable bonds is 5. The fourth-order valence-corrected chi connectivity index (χ4v) is 1.90. The predicted molar refractivity (Wildman–Crippen MR) is 85.3 cm³/mol. The number of benzene rings is 2. The lowest BCUT2D eigenvalue weighted by atomic mass is 10.1. The Bertz CT molecular complexity index is 700. The third-order valence-corrected chi connectivity index (χ3v) is 3.12. The van der Waals surface area contributed by atoms with Gasteiger partial charge in [-0.1, -0.05) is 24.3 Å². The number of carbonyl (C=O) groups is 2. The van der Waals surface area contributed by atoms with E-state index in [1.54, 1.807) is 43.5 Å². The van der Waals surface area contributed by atoms with E-state index in [-0.39, 0.29) is 12.5 Å². The van der Waals surface area contributed by atoms with Crippen LogP contribution in [0.5, 0.6) is 11.5 Å². The molecule has 6 heteroatoms. The van der Waals surface area contributed by atoms with Gasteiger partial charge in [-0.25, -0.2) is 0 Å². The van der Waals surface area contributed by atoms with Crippen molar-refractivity contribution >= 4 is 11.8 Å². The van der Waals surface area contributed by atoms with Crippen LogP contribution in [0.1, 0.15) is 15.9 Å². The number of aryl methyl sites for hydroxylation is 1. The molecule has 0 bridgehead atoms. The number of hydrogen-bond acceptors (Lipinski definition) is 4. The molecule has 2 rings (SSSR count). The smallest absolute Gasteiger partial charge is 0.276 e. The van der Waals surface area contributed by atoms with Crippen molar-refractivity contribution in [1.29, 1.82) is 0 Å². The van der Waals surface area contributed by atoms with Gasteiger partial charge in [-0.05, 0) is 30.7 Å². The molecule has 0 heterocycles. The van der Waals surface area contributed by atoms with Crippen LogP contribution in [0.2, 0.25) is 0 Å². The minimum atomic E-state index is -0.463. The van der Waals surface area contributed by atoms with Crippen molar-refractivity contribution in [3.8, 4) is 11.5 Å². The number of amides is 2. The molecule has 2 amide bonds. The van der Waals surface area contributed by atoms with Gasteiger partial charge in [0.25, 0.3) is 11.8 Å². The Morgan fingerprint density at radius 1 is 1.00 bits per heavy atom. The van der Waals surface area contributed by atoms with Crippen LogP contribution in [-0.2, 0) is 4.79 Å². The molecule has 0 atom stereocenters. The van der Waals surface area contributed by atoms with Crippen molar-refractivity contribution in [2.75, 3.05) is 13.7 Å². The molecule has 0 aliphatic heterocycles.